The number of carbonyl (C=O) groups excluding carboxylic acids is 2. The van der Waals surface area contributed by atoms with Crippen molar-refractivity contribution in [3.8, 4) is 0 Å². The lowest BCUT2D eigenvalue weighted by atomic mass is 10.0. The lowest BCUT2D eigenvalue weighted by Gasteiger charge is -2.05. The molecule has 108 valence electrons. The van der Waals surface area contributed by atoms with Crippen LogP contribution < -0.4 is 10.6 Å². The van der Waals surface area contributed by atoms with Crippen molar-refractivity contribution in [2.45, 2.75) is 26.7 Å². The molecule has 0 atom stereocenters. The monoisotopic (exact) mass is 274 g/mol. The van der Waals surface area contributed by atoms with Crippen molar-refractivity contribution in [2.24, 2.45) is 0 Å². The number of hydrogen-bond donors (Lipinski definition) is 2. The minimum Gasteiger partial charge on any atom is -0.355 e. The van der Waals surface area contributed by atoms with Crippen LogP contribution in [0.5, 0.6) is 0 Å². The average molecular weight is 274 g/mol. The van der Waals surface area contributed by atoms with Crippen LogP contribution in [0.3, 0.4) is 0 Å². The van der Waals surface area contributed by atoms with E-state index in [2.05, 4.69) is 36.6 Å². The van der Waals surface area contributed by atoms with Gasteiger partial charge in [0, 0.05) is 26.1 Å². The zero-order chi connectivity index (χ0) is 15.0. The van der Waals surface area contributed by atoms with Crippen molar-refractivity contribution >= 4 is 17.9 Å². The Kier molecular flexibility index (Phi) is 6.50. The highest BCUT2D eigenvalue weighted by Crippen LogP contribution is 2.15. The summed E-state index contributed by atoms with van der Waals surface area (Å²) in [4.78, 5) is 22.2. The molecular formula is C16H22N2O2. The standard InChI is InChI=1S/C16H22N2O2/c1-12(2)15-7-4-14(5-8-15)6-9-16(20)18-11-10-17-13(3)19/h4-9,12H,10-11H2,1-3H3,(H,17,19)(H,18,20). The normalized spacial score (nSPS) is 10.8. The van der Waals surface area contributed by atoms with Crippen LogP contribution >= 0.6 is 0 Å². The smallest absolute Gasteiger partial charge is 0.244 e. The van der Waals surface area contributed by atoms with Gasteiger partial charge in [-0.3, -0.25) is 9.59 Å². The Labute approximate surface area is 120 Å². The van der Waals surface area contributed by atoms with Gasteiger partial charge in [0.1, 0.15) is 0 Å². The van der Waals surface area contributed by atoms with Crippen LogP contribution in [0.1, 0.15) is 37.8 Å². The van der Waals surface area contributed by atoms with Gasteiger partial charge in [0.15, 0.2) is 0 Å². The average Bonchev–Trinajstić information content (AvgIpc) is 2.41. The third-order valence-electron chi connectivity index (χ3n) is 2.83. The van der Waals surface area contributed by atoms with Crippen LogP contribution in [0.25, 0.3) is 6.08 Å². The maximum atomic E-state index is 11.5. The summed E-state index contributed by atoms with van der Waals surface area (Å²) in [5.74, 6) is 0.244. The van der Waals surface area contributed by atoms with Gasteiger partial charge in [-0.15, -0.1) is 0 Å². The molecule has 0 radical (unpaired) electrons. The summed E-state index contributed by atoms with van der Waals surface area (Å²) in [6.45, 7) is 6.61. The van der Waals surface area contributed by atoms with E-state index in [0.29, 0.717) is 19.0 Å². The number of nitrogens with one attached hydrogen (secondary N) is 2. The highest BCUT2D eigenvalue weighted by atomic mass is 16.2. The van der Waals surface area contributed by atoms with E-state index in [4.69, 9.17) is 0 Å². The Morgan fingerprint density at radius 3 is 2.25 bits per heavy atom. The highest BCUT2D eigenvalue weighted by Gasteiger charge is 1.98. The minimum absolute atomic E-state index is 0.0972. The molecule has 20 heavy (non-hydrogen) atoms. The lowest BCUT2D eigenvalue weighted by Crippen LogP contribution is -2.32. The molecule has 2 amide bonds. The van der Waals surface area contributed by atoms with E-state index in [1.807, 2.05) is 12.1 Å². The van der Waals surface area contributed by atoms with Crippen molar-refractivity contribution in [3.05, 3.63) is 41.5 Å². The number of hydrogen-bond acceptors (Lipinski definition) is 2. The maximum Gasteiger partial charge on any atom is 0.244 e. The third-order valence-corrected chi connectivity index (χ3v) is 2.83. The SMILES string of the molecule is CC(=O)NCCNC(=O)C=Cc1ccc(C(C)C)cc1. The first kappa shape index (κ1) is 16.0. The first-order valence-electron chi connectivity index (χ1n) is 6.79. The maximum absolute atomic E-state index is 11.5. The molecule has 0 aliphatic rings. The number of rotatable bonds is 6. The molecule has 1 rings (SSSR count). The molecule has 0 saturated carbocycles. The van der Waals surface area contributed by atoms with Crippen molar-refractivity contribution in [2.75, 3.05) is 13.1 Å². The second kappa shape index (κ2) is 8.15. The zero-order valence-electron chi connectivity index (χ0n) is 12.3. The molecule has 0 spiro atoms. The van der Waals surface area contributed by atoms with E-state index < -0.39 is 0 Å². The Hall–Kier alpha value is -2.10. The van der Waals surface area contributed by atoms with Gasteiger partial charge in [-0.25, -0.2) is 0 Å². The van der Waals surface area contributed by atoms with Gasteiger partial charge in [-0.05, 0) is 23.1 Å². The first-order valence-corrected chi connectivity index (χ1v) is 6.79. The molecule has 2 N–H and O–H groups in total. The predicted octanol–water partition coefficient (Wildman–Crippen LogP) is 2.08. The molecule has 0 unspecified atom stereocenters. The number of carbonyl (C=O) groups is 2. The van der Waals surface area contributed by atoms with Crippen molar-refractivity contribution in [3.63, 3.8) is 0 Å². The number of benzene rings is 1. The zero-order valence-corrected chi connectivity index (χ0v) is 12.3. The molecule has 0 bridgehead atoms. The van der Waals surface area contributed by atoms with Crippen molar-refractivity contribution in [1.29, 1.82) is 0 Å². The Bertz CT molecular complexity index is 476. The van der Waals surface area contributed by atoms with E-state index in [1.165, 1.54) is 18.6 Å². The fraction of sp³-hybridized carbons (Fsp3) is 0.375. The van der Waals surface area contributed by atoms with Crippen LogP contribution in [-0.2, 0) is 9.59 Å². The molecule has 1 aromatic rings. The molecule has 0 aromatic heterocycles. The van der Waals surface area contributed by atoms with Crippen LogP contribution in [0.15, 0.2) is 30.3 Å². The summed E-state index contributed by atoms with van der Waals surface area (Å²) < 4.78 is 0. The van der Waals surface area contributed by atoms with E-state index >= 15 is 0 Å². The molecule has 0 aliphatic carbocycles. The van der Waals surface area contributed by atoms with E-state index in [-0.39, 0.29) is 11.8 Å². The fourth-order valence-corrected chi connectivity index (χ4v) is 1.65. The second-order valence-corrected chi connectivity index (χ2v) is 4.93. The molecule has 0 fully saturated rings. The second-order valence-electron chi connectivity index (χ2n) is 4.93. The first-order chi connectivity index (χ1) is 9.49. The summed E-state index contributed by atoms with van der Waals surface area (Å²) in [5.41, 5.74) is 2.27. The van der Waals surface area contributed by atoms with Crippen LogP contribution in [0.4, 0.5) is 0 Å². The molecule has 4 heteroatoms. The van der Waals surface area contributed by atoms with Gasteiger partial charge in [0.2, 0.25) is 11.8 Å². The predicted molar refractivity (Wildman–Crippen MR) is 81.3 cm³/mol. The lowest BCUT2D eigenvalue weighted by molar-refractivity contribution is -0.119. The summed E-state index contributed by atoms with van der Waals surface area (Å²) in [6.07, 6.45) is 3.27. The van der Waals surface area contributed by atoms with Gasteiger partial charge in [-0.1, -0.05) is 38.1 Å². The van der Waals surface area contributed by atoms with Crippen LogP contribution in [0.2, 0.25) is 0 Å². The van der Waals surface area contributed by atoms with Crippen LogP contribution in [0, 0.1) is 0 Å². The highest BCUT2D eigenvalue weighted by molar-refractivity contribution is 5.91. The van der Waals surface area contributed by atoms with Gasteiger partial charge < -0.3 is 10.6 Å². The summed E-state index contributed by atoms with van der Waals surface area (Å²) in [5, 5.41) is 5.31. The molecule has 0 saturated heterocycles. The minimum atomic E-state index is -0.164. The quantitative estimate of drug-likeness (QED) is 0.616. The van der Waals surface area contributed by atoms with Crippen molar-refractivity contribution < 1.29 is 9.59 Å². The molecule has 4 nitrogen and oxygen atoms in total. The van der Waals surface area contributed by atoms with E-state index in [9.17, 15) is 9.59 Å². The summed E-state index contributed by atoms with van der Waals surface area (Å²) >= 11 is 0. The topological polar surface area (TPSA) is 58.2 Å². The Balaban J connectivity index is 2.39. The summed E-state index contributed by atoms with van der Waals surface area (Å²) in [6, 6.07) is 8.13. The third kappa shape index (κ3) is 6.18. The number of amides is 2. The van der Waals surface area contributed by atoms with Gasteiger partial charge >= 0.3 is 0 Å². The van der Waals surface area contributed by atoms with Gasteiger partial charge in [0.25, 0.3) is 0 Å². The molecule has 0 heterocycles. The fourth-order valence-electron chi connectivity index (χ4n) is 1.65. The Morgan fingerprint density at radius 2 is 1.70 bits per heavy atom. The van der Waals surface area contributed by atoms with E-state index in [1.54, 1.807) is 6.08 Å². The largest absolute Gasteiger partial charge is 0.355 e. The molecule has 0 aliphatic heterocycles. The van der Waals surface area contributed by atoms with Gasteiger partial charge in [-0.2, -0.15) is 0 Å². The Morgan fingerprint density at radius 1 is 1.10 bits per heavy atom. The van der Waals surface area contributed by atoms with Crippen molar-refractivity contribution in [1.82, 2.24) is 10.6 Å². The molecular weight excluding hydrogens is 252 g/mol. The summed E-state index contributed by atoms with van der Waals surface area (Å²) in [7, 11) is 0. The van der Waals surface area contributed by atoms with E-state index in [0.717, 1.165) is 5.56 Å². The molecule has 1 aromatic carbocycles. The van der Waals surface area contributed by atoms with Gasteiger partial charge in [0.05, 0.1) is 0 Å². The van der Waals surface area contributed by atoms with Crippen LogP contribution in [-0.4, -0.2) is 24.9 Å².